The van der Waals surface area contributed by atoms with Gasteiger partial charge in [-0.3, -0.25) is 4.79 Å². The smallest absolute Gasteiger partial charge is 0.221 e. The van der Waals surface area contributed by atoms with Crippen LogP contribution in [0.3, 0.4) is 0 Å². The summed E-state index contributed by atoms with van der Waals surface area (Å²) >= 11 is 0. The highest BCUT2D eigenvalue weighted by atomic mass is 16.5. The minimum absolute atomic E-state index is 0.0501. The number of nitrogens with one attached hydrogen (secondary N) is 2. The van der Waals surface area contributed by atoms with E-state index in [1.807, 2.05) is 37.3 Å². The lowest BCUT2D eigenvalue weighted by Crippen LogP contribution is -2.28. The maximum atomic E-state index is 11.4. The fourth-order valence-electron chi connectivity index (χ4n) is 1.65. The minimum atomic E-state index is 0.0501. The lowest BCUT2D eigenvalue weighted by atomic mass is 10.2. The van der Waals surface area contributed by atoms with Gasteiger partial charge in [0.1, 0.15) is 11.8 Å². The van der Waals surface area contributed by atoms with E-state index in [1.54, 1.807) is 0 Å². The molecule has 1 amide bonds. The van der Waals surface area contributed by atoms with Gasteiger partial charge in [0.05, 0.1) is 0 Å². The molecule has 0 spiro atoms. The SMILES string of the molecule is CCCNC(=O)CCNCc1cccc(OCC#N)c1. The highest BCUT2D eigenvalue weighted by Gasteiger charge is 2.00. The highest BCUT2D eigenvalue weighted by molar-refractivity contribution is 5.75. The molecule has 0 heterocycles. The number of carbonyl (C=O) groups excluding carboxylic acids is 1. The molecule has 5 nitrogen and oxygen atoms in total. The Labute approximate surface area is 119 Å². The van der Waals surface area contributed by atoms with Gasteiger partial charge in [0.25, 0.3) is 0 Å². The average molecular weight is 275 g/mol. The molecule has 1 rings (SSSR count). The standard InChI is InChI=1S/C15H21N3O2/c1-2-8-18-15(19)6-9-17-12-13-4-3-5-14(11-13)20-10-7-16/h3-5,11,17H,2,6,8-10,12H2,1H3,(H,18,19). The van der Waals surface area contributed by atoms with Crippen LogP contribution < -0.4 is 15.4 Å². The molecule has 0 saturated carbocycles. The topological polar surface area (TPSA) is 74.2 Å². The zero-order valence-corrected chi connectivity index (χ0v) is 11.8. The fourth-order valence-corrected chi connectivity index (χ4v) is 1.65. The molecule has 2 N–H and O–H groups in total. The van der Waals surface area contributed by atoms with Crippen molar-refractivity contribution >= 4 is 5.91 Å². The summed E-state index contributed by atoms with van der Waals surface area (Å²) in [6.45, 7) is 4.12. The highest BCUT2D eigenvalue weighted by Crippen LogP contribution is 2.12. The number of ether oxygens (including phenoxy) is 1. The van der Waals surface area contributed by atoms with E-state index in [0.29, 0.717) is 25.3 Å². The Kier molecular flexibility index (Phi) is 7.85. The third-order valence-electron chi connectivity index (χ3n) is 2.63. The number of carbonyl (C=O) groups is 1. The molecule has 1 aromatic carbocycles. The predicted octanol–water partition coefficient (Wildman–Crippen LogP) is 1.59. The van der Waals surface area contributed by atoms with E-state index < -0.39 is 0 Å². The molecule has 1 aromatic rings. The van der Waals surface area contributed by atoms with Crippen molar-refractivity contribution < 1.29 is 9.53 Å². The number of hydrogen-bond donors (Lipinski definition) is 2. The van der Waals surface area contributed by atoms with Crippen LogP contribution in [-0.4, -0.2) is 25.6 Å². The zero-order chi connectivity index (χ0) is 14.6. The van der Waals surface area contributed by atoms with Gasteiger partial charge in [-0.2, -0.15) is 5.26 Å². The van der Waals surface area contributed by atoms with E-state index in [0.717, 1.165) is 18.5 Å². The molecular formula is C15H21N3O2. The van der Waals surface area contributed by atoms with Gasteiger partial charge in [-0.1, -0.05) is 19.1 Å². The van der Waals surface area contributed by atoms with Gasteiger partial charge in [-0.15, -0.1) is 0 Å². The summed E-state index contributed by atoms with van der Waals surface area (Å²) in [5, 5.41) is 14.5. The molecule has 0 radical (unpaired) electrons. The van der Waals surface area contributed by atoms with E-state index in [9.17, 15) is 4.79 Å². The summed E-state index contributed by atoms with van der Waals surface area (Å²) in [7, 11) is 0. The van der Waals surface area contributed by atoms with Crippen molar-refractivity contribution in [3.05, 3.63) is 29.8 Å². The molecule has 0 unspecified atom stereocenters. The molecule has 0 aromatic heterocycles. The second-order valence-corrected chi connectivity index (χ2v) is 4.37. The maximum Gasteiger partial charge on any atom is 0.221 e. The molecule has 0 aliphatic heterocycles. The summed E-state index contributed by atoms with van der Waals surface area (Å²) in [4.78, 5) is 11.4. The Balaban J connectivity index is 2.24. The minimum Gasteiger partial charge on any atom is -0.479 e. The lowest BCUT2D eigenvalue weighted by Gasteiger charge is -2.07. The van der Waals surface area contributed by atoms with Crippen molar-refractivity contribution in [3.63, 3.8) is 0 Å². The first-order valence-corrected chi connectivity index (χ1v) is 6.82. The maximum absolute atomic E-state index is 11.4. The molecule has 5 heteroatoms. The van der Waals surface area contributed by atoms with Crippen molar-refractivity contribution in [2.24, 2.45) is 0 Å². The predicted molar refractivity (Wildman–Crippen MR) is 77.2 cm³/mol. The molecule has 0 saturated heterocycles. The Bertz CT molecular complexity index is 455. The summed E-state index contributed by atoms with van der Waals surface area (Å²) in [6.07, 6.45) is 1.43. The van der Waals surface area contributed by atoms with Crippen LogP contribution in [0.25, 0.3) is 0 Å². The molecular weight excluding hydrogens is 254 g/mol. The van der Waals surface area contributed by atoms with Crippen molar-refractivity contribution in [1.82, 2.24) is 10.6 Å². The average Bonchev–Trinajstić information content (AvgIpc) is 2.48. The van der Waals surface area contributed by atoms with Gasteiger partial charge in [-0.05, 0) is 24.1 Å². The Hall–Kier alpha value is -2.06. The number of nitriles is 1. The third-order valence-corrected chi connectivity index (χ3v) is 2.63. The number of rotatable bonds is 9. The molecule has 20 heavy (non-hydrogen) atoms. The number of amides is 1. The second kappa shape index (κ2) is 9.82. The second-order valence-electron chi connectivity index (χ2n) is 4.37. The monoisotopic (exact) mass is 275 g/mol. The first kappa shape index (κ1) is 16.0. The van der Waals surface area contributed by atoms with E-state index >= 15 is 0 Å². The Morgan fingerprint density at radius 1 is 1.40 bits per heavy atom. The van der Waals surface area contributed by atoms with Crippen LogP contribution in [0, 0.1) is 11.3 Å². The summed E-state index contributed by atoms with van der Waals surface area (Å²) in [5.74, 6) is 0.761. The van der Waals surface area contributed by atoms with Gasteiger partial charge in [0.2, 0.25) is 5.91 Å². The Morgan fingerprint density at radius 3 is 3.00 bits per heavy atom. The summed E-state index contributed by atoms with van der Waals surface area (Å²) in [5.41, 5.74) is 1.06. The number of benzene rings is 1. The summed E-state index contributed by atoms with van der Waals surface area (Å²) in [6, 6.07) is 9.51. The quantitative estimate of drug-likeness (QED) is 0.671. The van der Waals surface area contributed by atoms with Gasteiger partial charge in [0, 0.05) is 26.1 Å². The van der Waals surface area contributed by atoms with Crippen LogP contribution in [0.1, 0.15) is 25.3 Å². The Morgan fingerprint density at radius 2 is 2.25 bits per heavy atom. The van der Waals surface area contributed by atoms with E-state index in [1.165, 1.54) is 0 Å². The van der Waals surface area contributed by atoms with Crippen molar-refractivity contribution in [1.29, 1.82) is 5.26 Å². The molecule has 0 fully saturated rings. The molecule has 0 aliphatic rings. The van der Waals surface area contributed by atoms with Gasteiger partial charge in [-0.25, -0.2) is 0 Å². The van der Waals surface area contributed by atoms with Crippen LogP contribution in [-0.2, 0) is 11.3 Å². The van der Waals surface area contributed by atoms with Gasteiger partial charge >= 0.3 is 0 Å². The van der Waals surface area contributed by atoms with Gasteiger partial charge < -0.3 is 15.4 Å². The fraction of sp³-hybridized carbons (Fsp3) is 0.467. The summed E-state index contributed by atoms with van der Waals surface area (Å²) < 4.78 is 5.23. The van der Waals surface area contributed by atoms with Crippen molar-refractivity contribution in [2.75, 3.05) is 19.7 Å². The lowest BCUT2D eigenvalue weighted by molar-refractivity contribution is -0.120. The normalized spacial score (nSPS) is 9.80. The molecule has 0 bridgehead atoms. The van der Waals surface area contributed by atoms with Crippen LogP contribution >= 0.6 is 0 Å². The third kappa shape index (κ3) is 6.76. The first-order valence-electron chi connectivity index (χ1n) is 6.82. The molecule has 108 valence electrons. The van der Waals surface area contributed by atoms with Crippen LogP contribution in [0.2, 0.25) is 0 Å². The number of nitrogens with zero attached hydrogens (tertiary/aromatic N) is 1. The first-order chi connectivity index (χ1) is 9.76. The number of hydrogen-bond acceptors (Lipinski definition) is 4. The zero-order valence-electron chi connectivity index (χ0n) is 11.8. The van der Waals surface area contributed by atoms with Crippen molar-refractivity contribution in [2.45, 2.75) is 26.3 Å². The van der Waals surface area contributed by atoms with E-state index in [4.69, 9.17) is 10.00 Å². The molecule has 0 aliphatic carbocycles. The largest absolute Gasteiger partial charge is 0.479 e. The van der Waals surface area contributed by atoms with Crippen LogP contribution in [0.5, 0.6) is 5.75 Å². The van der Waals surface area contributed by atoms with Crippen LogP contribution in [0.15, 0.2) is 24.3 Å². The molecule has 0 atom stereocenters. The van der Waals surface area contributed by atoms with Crippen LogP contribution in [0.4, 0.5) is 0 Å². The van der Waals surface area contributed by atoms with Gasteiger partial charge in [0.15, 0.2) is 6.61 Å². The van der Waals surface area contributed by atoms with E-state index in [-0.39, 0.29) is 12.5 Å². The van der Waals surface area contributed by atoms with E-state index in [2.05, 4.69) is 10.6 Å². The van der Waals surface area contributed by atoms with Crippen molar-refractivity contribution in [3.8, 4) is 11.8 Å².